The van der Waals surface area contributed by atoms with Gasteiger partial charge in [-0.05, 0) is 49.2 Å². The van der Waals surface area contributed by atoms with Gasteiger partial charge in [0.1, 0.15) is 18.9 Å². The molecule has 0 saturated heterocycles. The van der Waals surface area contributed by atoms with Crippen LogP contribution in [0.25, 0.3) is 0 Å². The van der Waals surface area contributed by atoms with E-state index in [0.29, 0.717) is 24.7 Å². The van der Waals surface area contributed by atoms with Gasteiger partial charge in [-0.1, -0.05) is 18.2 Å². The van der Waals surface area contributed by atoms with E-state index in [-0.39, 0.29) is 5.91 Å². The van der Waals surface area contributed by atoms with Crippen LogP contribution in [-0.4, -0.2) is 24.1 Å². The molecule has 0 fully saturated rings. The smallest absolute Gasteiger partial charge is 0.274 e. The first-order valence-corrected chi connectivity index (χ1v) is 9.10. The lowest BCUT2D eigenvalue weighted by Crippen LogP contribution is -2.16. The van der Waals surface area contributed by atoms with Crippen LogP contribution < -0.4 is 20.1 Å². The van der Waals surface area contributed by atoms with E-state index < -0.39 is 0 Å². The number of benzene rings is 2. The third-order valence-corrected chi connectivity index (χ3v) is 4.54. The van der Waals surface area contributed by atoms with Crippen molar-refractivity contribution < 1.29 is 14.3 Å². The molecular formula is C22H21N3O3. The van der Waals surface area contributed by atoms with Crippen LogP contribution in [0.3, 0.4) is 0 Å². The van der Waals surface area contributed by atoms with Crippen LogP contribution >= 0.6 is 0 Å². The number of aryl methyl sites for hydroxylation is 2. The molecule has 2 N–H and O–H groups in total. The molecule has 4 rings (SSSR count). The fourth-order valence-electron chi connectivity index (χ4n) is 3.11. The average Bonchev–Trinajstić information content (AvgIpc) is 2.71. The molecule has 6 nitrogen and oxygen atoms in total. The minimum atomic E-state index is -0.247. The summed E-state index contributed by atoms with van der Waals surface area (Å²) in [4.78, 5) is 16.9. The van der Waals surface area contributed by atoms with E-state index in [1.165, 1.54) is 0 Å². The number of fused-ring (bicyclic) bond motifs is 1. The van der Waals surface area contributed by atoms with E-state index in [2.05, 4.69) is 15.6 Å². The lowest BCUT2D eigenvalue weighted by molar-refractivity contribution is 0.102. The Morgan fingerprint density at radius 2 is 1.64 bits per heavy atom. The summed E-state index contributed by atoms with van der Waals surface area (Å²) in [6, 6.07) is 15.1. The Kier molecular flexibility index (Phi) is 4.85. The van der Waals surface area contributed by atoms with Crippen LogP contribution in [0.15, 0.2) is 54.7 Å². The number of hydrogen-bond donors (Lipinski definition) is 2. The lowest BCUT2D eigenvalue weighted by Gasteiger charge is -2.19. The van der Waals surface area contributed by atoms with Crippen molar-refractivity contribution in [1.29, 1.82) is 0 Å². The predicted octanol–water partition coefficient (Wildman–Crippen LogP) is 4.47. The minimum absolute atomic E-state index is 0.247. The Morgan fingerprint density at radius 3 is 2.43 bits per heavy atom. The third kappa shape index (κ3) is 3.76. The first-order valence-electron chi connectivity index (χ1n) is 9.10. The molecule has 1 aliphatic rings. The second-order valence-corrected chi connectivity index (χ2v) is 6.63. The molecule has 0 aliphatic carbocycles. The van der Waals surface area contributed by atoms with Crippen molar-refractivity contribution in [2.45, 2.75) is 13.8 Å². The fourth-order valence-corrected chi connectivity index (χ4v) is 3.11. The van der Waals surface area contributed by atoms with Crippen LogP contribution in [0.4, 0.5) is 17.1 Å². The second kappa shape index (κ2) is 7.60. The summed E-state index contributed by atoms with van der Waals surface area (Å²) in [5, 5.41) is 6.24. The van der Waals surface area contributed by atoms with Crippen molar-refractivity contribution in [3.63, 3.8) is 0 Å². The van der Waals surface area contributed by atoms with E-state index in [1.807, 2.05) is 56.3 Å². The molecule has 0 radical (unpaired) electrons. The topological polar surface area (TPSA) is 72.5 Å². The fraction of sp³-hybridized carbons (Fsp3) is 0.182. The number of amides is 1. The highest BCUT2D eigenvalue weighted by molar-refractivity contribution is 6.04. The summed E-state index contributed by atoms with van der Waals surface area (Å²) in [5.41, 5.74) is 4.79. The molecule has 0 bridgehead atoms. The Balaban J connectivity index is 1.52. The molecule has 0 unspecified atom stereocenters. The SMILES string of the molecule is Cc1cccc(C)c1NC(=O)c1cc(Nc2ccc3c(c2)OCCO3)ccn1. The first-order chi connectivity index (χ1) is 13.6. The number of para-hydroxylation sites is 1. The Labute approximate surface area is 163 Å². The molecule has 3 aromatic rings. The van der Waals surface area contributed by atoms with Crippen molar-refractivity contribution >= 4 is 23.0 Å². The second-order valence-electron chi connectivity index (χ2n) is 6.63. The van der Waals surface area contributed by atoms with Crippen molar-refractivity contribution in [2.24, 2.45) is 0 Å². The third-order valence-electron chi connectivity index (χ3n) is 4.54. The number of pyridine rings is 1. The predicted molar refractivity (Wildman–Crippen MR) is 109 cm³/mol. The first kappa shape index (κ1) is 17.9. The molecule has 0 spiro atoms. The summed E-state index contributed by atoms with van der Waals surface area (Å²) < 4.78 is 11.2. The van der Waals surface area contributed by atoms with Crippen LogP contribution in [-0.2, 0) is 0 Å². The lowest BCUT2D eigenvalue weighted by atomic mass is 10.1. The maximum absolute atomic E-state index is 12.7. The van der Waals surface area contributed by atoms with Gasteiger partial charge in [0.05, 0.1) is 0 Å². The van der Waals surface area contributed by atoms with Crippen molar-refractivity contribution in [3.05, 3.63) is 71.5 Å². The van der Waals surface area contributed by atoms with Gasteiger partial charge in [0.2, 0.25) is 0 Å². The summed E-state index contributed by atoms with van der Waals surface area (Å²) in [7, 11) is 0. The van der Waals surface area contributed by atoms with Crippen LogP contribution in [0.1, 0.15) is 21.6 Å². The standard InChI is InChI=1S/C22H21N3O3/c1-14-4-3-5-15(2)21(14)25-22(26)18-12-17(8-9-23-18)24-16-6-7-19-20(13-16)28-11-10-27-19/h3-9,12-13H,10-11H2,1-2H3,(H,23,24)(H,25,26). The number of nitrogens with zero attached hydrogens (tertiary/aromatic N) is 1. The number of aromatic nitrogens is 1. The monoisotopic (exact) mass is 375 g/mol. The minimum Gasteiger partial charge on any atom is -0.486 e. The normalized spacial score (nSPS) is 12.4. The molecule has 28 heavy (non-hydrogen) atoms. The van der Waals surface area contributed by atoms with Gasteiger partial charge in [0.25, 0.3) is 5.91 Å². The number of carbonyl (C=O) groups is 1. The largest absolute Gasteiger partial charge is 0.486 e. The van der Waals surface area contributed by atoms with Crippen LogP contribution in [0.5, 0.6) is 11.5 Å². The highest BCUT2D eigenvalue weighted by Crippen LogP contribution is 2.33. The van der Waals surface area contributed by atoms with E-state index >= 15 is 0 Å². The molecule has 2 heterocycles. The zero-order chi connectivity index (χ0) is 19.5. The van der Waals surface area contributed by atoms with Gasteiger partial charge in [-0.25, -0.2) is 0 Å². The maximum atomic E-state index is 12.7. The van der Waals surface area contributed by atoms with Gasteiger partial charge in [0.15, 0.2) is 11.5 Å². The summed E-state index contributed by atoms with van der Waals surface area (Å²) >= 11 is 0. The summed E-state index contributed by atoms with van der Waals surface area (Å²) in [6.07, 6.45) is 1.61. The quantitative estimate of drug-likeness (QED) is 0.704. The van der Waals surface area contributed by atoms with E-state index in [9.17, 15) is 4.79 Å². The maximum Gasteiger partial charge on any atom is 0.274 e. The van der Waals surface area contributed by atoms with Gasteiger partial charge < -0.3 is 20.1 Å². The molecule has 6 heteroatoms. The number of carbonyl (C=O) groups excluding carboxylic acids is 1. The molecule has 1 amide bonds. The molecular weight excluding hydrogens is 354 g/mol. The molecule has 1 aromatic heterocycles. The highest BCUT2D eigenvalue weighted by atomic mass is 16.6. The number of anilines is 3. The van der Waals surface area contributed by atoms with Crippen LogP contribution in [0, 0.1) is 13.8 Å². The van der Waals surface area contributed by atoms with Crippen molar-refractivity contribution in [2.75, 3.05) is 23.8 Å². The Hall–Kier alpha value is -3.54. The Bertz CT molecular complexity index is 1010. The van der Waals surface area contributed by atoms with Gasteiger partial charge in [-0.15, -0.1) is 0 Å². The average molecular weight is 375 g/mol. The van der Waals surface area contributed by atoms with Gasteiger partial charge in [0, 0.05) is 29.3 Å². The zero-order valence-electron chi connectivity index (χ0n) is 15.8. The molecule has 0 atom stereocenters. The van der Waals surface area contributed by atoms with E-state index in [4.69, 9.17) is 9.47 Å². The van der Waals surface area contributed by atoms with Crippen molar-refractivity contribution in [3.8, 4) is 11.5 Å². The number of hydrogen-bond acceptors (Lipinski definition) is 5. The Morgan fingerprint density at radius 1 is 0.929 bits per heavy atom. The summed E-state index contributed by atoms with van der Waals surface area (Å²) in [5.74, 6) is 1.20. The molecule has 2 aromatic carbocycles. The van der Waals surface area contributed by atoms with Gasteiger partial charge in [-0.3, -0.25) is 9.78 Å². The van der Waals surface area contributed by atoms with Gasteiger partial charge in [-0.2, -0.15) is 0 Å². The number of rotatable bonds is 4. The molecule has 1 aliphatic heterocycles. The van der Waals surface area contributed by atoms with Crippen LogP contribution in [0.2, 0.25) is 0 Å². The highest BCUT2D eigenvalue weighted by Gasteiger charge is 2.14. The van der Waals surface area contributed by atoms with E-state index in [1.54, 1.807) is 12.3 Å². The summed E-state index contributed by atoms with van der Waals surface area (Å²) in [6.45, 7) is 5.03. The van der Waals surface area contributed by atoms with Gasteiger partial charge >= 0.3 is 0 Å². The number of nitrogens with one attached hydrogen (secondary N) is 2. The van der Waals surface area contributed by atoms with E-state index in [0.717, 1.165) is 33.9 Å². The molecule has 142 valence electrons. The van der Waals surface area contributed by atoms with Crippen molar-refractivity contribution in [1.82, 2.24) is 4.98 Å². The number of ether oxygens (including phenoxy) is 2. The zero-order valence-corrected chi connectivity index (χ0v) is 15.8. The molecule has 0 saturated carbocycles.